The van der Waals surface area contributed by atoms with E-state index in [1.165, 1.54) is 6.07 Å². The van der Waals surface area contributed by atoms with Gasteiger partial charge in [0.25, 0.3) is 0 Å². The van der Waals surface area contributed by atoms with Crippen LogP contribution in [0, 0.1) is 10.1 Å². The van der Waals surface area contributed by atoms with Gasteiger partial charge in [0.15, 0.2) is 0 Å². The van der Waals surface area contributed by atoms with Gasteiger partial charge in [0.05, 0.1) is 12.0 Å². The molecule has 6 nitrogen and oxygen atoms in total. The third-order valence-corrected chi connectivity index (χ3v) is 3.36. The number of halogens is 1. The number of nitro groups is 1. The molecule has 2 rings (SSSR count). The molecule has 0 saturated heterocycles. The molecule has 0 amide bonds. The summed E-state index contributed by atoms with van der Waals surface area (Å²) in [6.07, 6.45) is 1.55. The molecule has 2 aromatic rings. The second kappa shape index (κ2) is 6.53. The minimum absolute atomic E-state index is 0.0326. The molecular formula is C14H14BrN3O3. The number of hydrogen-bond acceptors (Lipinski definition) is 5. The van der Waals surface area contributed by atoms with E-state index in [0.717, 1.165) is 11.3 Å². The van der Waals surface area contributed by atoms with Crippen LogP contribution in [0.5, 0.6) is 5.75 Å². The average Bonchev–Trinajstić information content (AvgIpc) is 2.47. The lowest BCUT2D eigenvalue weighted by atomic mass is 10.2. The van der Waals surface area contributed by atoms with Crippen LogP contribution < -0.4 is 9.64 Å². The minimum atomic E-state index is -0.435. The second-order valence-electron chi connectivity index (χ2n) is 4.46. The van der Waals surface area contributed by atoms with Crippen molar-refractivity contribution in [2.24, 2.45) is 0 Å². The Hall–Kier alpha value is -2.15. The van der Waals surface area contributed by atoms with Crippen molar-refractivity contribution in [1.29, 1.82) is 0 Å². The molecule has 0 saturated carbocycles. The first kappa shape index (κ1) is 15.2. The van der Waals surface area contributed by atoms with Gasteiger partial charge < -0.3 is 9.64 Å². The number of anilines is 1. The summed E-state index contributed by atoms with van der Waals surface area (Å²) in [7, 11) is 3.37. The van der Waals surface area contributed by atoms with Crippen molar-refractivity contribution in [2.45, 2.75) is 6.54 Å². The number of benzene rings is 1. The molecule has 21 heavy (non-hydrogen) atoms. The van der Waals surface area contributed by atoms with E-state index in [1.54, 1.807) is 25.3 Å². The largest absolute Gasteiger partial charge is 0.497 e. The summed E-state index contributed by atoms with van der Waals surface area (Å²) in [6, 6.07) is 9.00. The third kappa shape index (κ3) is 3.69. The lowest BCUT2D eigenvalue weighted by molar-refractivity contribution is -0.384. The van der Waals surface area contributed by atoms with Crippen molar-refractivity contribution < 1.29 is 9.66 Å². The first-order valence-electron chi connectivity index (χ1n) is 6.15. The standard InChI is InChI=1S/C14H14BrN3O3/c1-17(9-10-4-3-5-12(6-10)21-2)14-13(18(19)20)7-11(15)8-16-14/h3-8H,9H2,1-2H3. The second-order valence-corrected chi connectivity index (χ2v) is 5.38. The maximum Gasteiger partial charge on any atom is 0.312 e. The van der Waals surface area contributed by atoms with E-state index in [-0.39, 0.29) is 5.69 Å². The maximum atomic E-state index is 11.1. The van der Waals surface area contributed by atoms with Gasteiger partial charge in [-0.05, 0) is 33.6 Å². The number of rotatable bonds is 5. The summed E-state index contributed by atoms with van der Waals surface area (Å²) in [5.41, 5.74) is 0.950. The van der Waals surface area contributed by atoms with Gasteiger partial charge in [-0.3, -0.25) is 10.1 Å². The van der Waals surface area contributed by atoms with Crippen LogP contribution in [0.25, 0.3) is 0 Å². The highest BCUT2D eigenvalue weighted by Gasteiger charge is 2.19. The molecule has 1 heterocycles. The number of pyridine rings is 1. The van der Waals surface area contributed by atoms with Crippen molar-refractivity contribution >= 4 is 27.4 Å². The first-order chi connectivity index (χ1) is 10.0. The predicted molar refractivity (Wildman–Crippen MR) is 83.7 cm³/mol. The summed E-state index contributed by atoms with van der Waals surface area (Å²) in [5.74, 6) is 1.07. The Labute approximate surface area is 130 Å². The van der Waals surface area contributed by atoms with E-state index in [9.17, 15) is 10.1 Å². The Balaban J connectivity index is 2.27. The molecule has 0 unspecified atom stereocenters. The van der Waals surface area contributed by atoms with Crippen molar-refractivity contribution in [2.75, 3.05) is 19.1 Å². The normalized spacial score (nSPS) is 10.2. The quantitative estimate of drug-likeness (QED) is 0.609. The average molecular weight is 352 g/mol. The molecule has 0 fully saturated rings. The SMILES string of the molecule is COc1cccc(CN(C)c2ncc(Br)cc2[N+](=O)[O-])c1. The van der Waals surface area contributed by atoms with Crippen LogP contribution in [0.3, 0.4) is 0 Å². The van der Waals surface area contributed by atoms with Gasteiger partial charge in [0.1, 0.15) is 5.75 Å². The van der Waals surface area contributed by atoms with Gasteiger partial charge in [-0.15, -0.1) is 0 Å². The highest BCUT2D eigenvalue weighted by molar-refractivity contribution is 9.10. The van der Waals surface area contributed by atoms with Crippen LogP contribution in [0.4, 0.5) is 11.5 Å². The van der Waals surface area contributed by atoms with Crippen molar-refractivity contribution in [1.82, 2.24) is 4.98 Å². The van der Waals surface area contributed by atoms with Crippen LogP contribution in [0.2, 0.25) is 0 Å². The fraction of sp³-hybridized carbons (Fsp3) is 0.214. The van der Waals surface area contributed by atoms with Gasteiger partial charge in [-0.25, -0.2) is 4.98 Å². The summed E-state index contributed by atoms with van der Waals surface area (Å²) in [4.78, 5) is 16.6. The van der Waals surface area contributed by atoms with Crippen molar-refractivity contribution in [3.05, 3.63) is 56.7 Å². The molecule has 0 bridgehead atoms. The zero-order chi connectivity index (χ0) is 15.4. The van der Waals surface area contributed by atoms with E-state index >= 15 is 0 Å². The lowest BCUT2D eigenvalue weighted by Crippen LogP contribution is -2.19. The summed E-state index contributed by atoms with van der Waals surface area (Å²) in [5, 5.41) is 11.1. The molecule has 1 aromatic carbocycles. The van der Waals surface area contributed by atoms with E-state index in [4.69, 9.17) is 4.74 Å². The zero-order valence-electron chi connectivity index (χ0n) is 11.6. The van der Waals surface area contributed by atoms with Gasteiger partial charge in [-0.2, -0.15) is 0 Å². The summed E-state index contributed by atoms with van der Waals surface area (Å²) in [6.45, 7) is 0.493. The molecule has 7 heteroatoms. The van der Waals surface area contributed by atoms with Crippen LogP contribution in [-0.4, -0.2) is 24.1 Å². The third-order valence-electron chi connectivity index (χ3n) is 2.93. The Morgan fingerprint density at radius 3 is 2.86 bits per heavy atom. The van der Waals surface area contributed by atoms with Gasteiger partial charge >= 0.3 is 5.69 Å². The van der Waals surface area contributed by atoms with Crippen LogP contribution in [0.1, 0.15) is 5.56 Å². The first-order valence-corrected chi connectivity index (χ1v) is 6.94. The Morgan fingerprint density at radius 2 is 2.19 bits per heavy atom. The number of methoxy groups -OCH3 is 1. The van der Waals surface area contributed by atoms with Crippen LogP contribution >= 0.6 is 15.9 Å². The Kier molecular flexibility index (Phi) is 4.74. The minimum Gasteiger partial charge on any atom is -0.497 e. The Morgan fingerprint density at radius 1 is 1.43 bits per heavy atom. The van der Waals surface area contributed by atoms with Gasteiger partial charge in [-0.1, -0.05) is 12.1 Å². The molecule has 0 radical (unpaired) electrons. The number of hydrogen-bond donors (Lipinski definition) is 0. The molecule has 0 spiro atoms. The van der Waals surface area contributed by atoms with E-state index < -0.39 is 4.92 Å². The fourth-order valence-corrected chi connectivity index (χ4v) is 2.29. The number of nitrogens with zero attached hydrogens (tertiary/aromatic N) is 3. The summed E-state index contributed by atoms with van der Waals surface area (Å²) < 4.78 is 5.75. The van der Waals surface area contributed by atoms with E-state index in [0.29, 0.717) is 16.8 Å². The lowest BCUT2D eigenvalue weighted by Gasteiger charge is -2.18. The number of aromatic nitrogens is 1. The van der Waals surface area contributed by atoms with E-state index in [1.807, 2.05) is 24.3 Å². The van der Waals surface area contributed by atoms with Gasteiger partial charge in [0.2, 0.25) is 5.82 Å². The molecule has 0 aliphatic rings. The maximum absolute atomic E-state index is 11.1. The van der Waals surface area contributed by atoms with Crippen molar-refractivity contribution in [3.8, 4) is 5.75 Å². The number of ether oxygens (including phenoxy) is 1. The highest BCUT2D eigenvalue weighted by atomic mass is 79.9. The predicted octanol–water partition coefficient (Wildman–Crippen LogP) is 3.40. The molecule has 0 aliphatic heterocycles. The molecule has 1 aromatic heterocycles. The van der Waals surface area contributed by atoms with Crippen LogP contribution in [0.15, 0.2) is 41.0 Å². The smallest absolute Gasteiger partial charge is 0.312 e. The summed E-state index contributed by atoms with van der Waals surface area (Å²) >= 11 is 3.20. The van der Waals surface area contributed by atoms with E-state index in [2.05, 4.69) is 20.9 Å². The van der Waals surface area contributed by atoms with Gasteiger partial charge in [0, 0.05) is 30.3 Å². The Bertz CT molecular complexity index is 664. The molecular weight excluding hydrogens is 338 g/mol. The zero-order valence-corrected chi connectivity index (χ0v) is 13.2. The molecule has 0 aliphatic carbocycles. The highest BCUT2D eigenvalue weighted by Crippen LogP contribution is 2.28. The molecule has 0 N–H and O–H groups in total. The monoisotopic (exact) mass is 351 g/mol. The topological polar surface area (TPSA) is 68.5 Å². The molecule has 0 atom stereocenters. The van der Waals surface area contributed by atoms with Crippen molar-refractivity contribution in [3.63, 3.8) is 0 Å². The molecule has 110 valence electrons. The van der Waals surface area contributed by atoms with Crippen LogP contribution in [-0.2, 0) is 6.54 Å². The fourth-order valence-electron chi connectivity index (χ4n) is 1.97.